The lowest BCUT2D eigenvalue weighted by Gasteiger charge is -2.30. The molecule has 1 aliphatic heterocycles. The number of piperidine rings is 1. The molecule has 0 amide bonds. The van der Waals surface area contributed by atoms with E-state index in [-0.39, 0.29) is 0 Å². The minimum absolute atomic E-state index is 0.566. The van der Waals surface area contributed by atoms with E-state index < -0.39 is 0 Å². The molecule has 20 heavy (non-hydrogen) atoms. The van der Waals surface area contributed by atoms with Gasteiger partial charge in [0.05, 0.1) is 5.69 Å². The molecule has 2 atom stereocenters. The van der Waals surface area contributed by atoms with Crippen LogP contribution < -0.4 is 10.2 Å². The van der Waals surface area contributed by atoms with Crippen molar-refractivity contribution in [1.29, 1.82) is 0 Å². The topological polar surface area (TPSA) is 28.2 Å². The third-order valence-corrected chi connectivity index (χ3v) is 5.39. The number of thiazole rings is 1. The van der Waals surface area contributed by atoms with E-state index in [1.54, 1.807) is 0 Å². The maximum Gasteiger partial charge on any atom is 0.185 e. The van der Waals surface area contributed by atoms with Gasteiger partial charge < -0.3 is 10.2 Å². The number of aromatic nitrogens is 1. The number of anilines is 1. The molecule has 1 N–H and O–H groups in total. The van der Waals surface area contributed by atoms with E-state index in [4.69, 9.17) is 4.98 Å². The van der Waals surface area contributed by atoms with Crippen molar-refractivity contribution in [3.63, 3.8) is 0 Å². The van der Waals surface area contributed by atoms with E-state index in [9.17, 15) is 0 Å². The van der Waals surface area contributed by atoms with Crippen molar-refractivity contribution in [1.82, 2.24) is 10.3 Å². The van der Waals surface area contributed by atoms with Gasteiger partial charge in [0.25, 0.3) is 0 Å². The van der Waals surface area contributed by atoms with E-state index in [1.807, 2.05) is 11.3 Å². The Bertz CT molecular complexity index is 416. The van der Waals surface area contributed by atoms with Crippen LogP contribution in [0.2, 0.25) is 0 Å². The first-order chi connectivity index (χ1) is 9.65. The van der Waals surface area contributed by atoms with E-state index in [1.165, 1.54) is 48.1 Å². The van der Waals surface area contributed by atoms with Crippen LogP contribution in [0.15, 0.2) is 0 Å². The molecule has 0 bridgehead atoms. The number of hydrogen-bond donors (Lipinski definition) is 1. The van der Waals surface area contributed by atoms with Crippen molar-refractivity contribution in [3.8, 4) is 0 Å². The molecule has 114 valence electrons. The monoisotopic (exact) mass is 295 g/mol. The molecule has 0 saturated carbocycles. The molecule has 0 spiro atoms. The van der Waals surface area contributed by atoms with Gasteiger partial charge in [-0.15, -0.1) is 11.3 Å². The smallest absolute Gasteiger partial charge is 0.185 e. The lowest BCUT2D eigenvalue weighted by atomic mass is 10.0. The summed E-state index contributed by atoms with van der Waals surface area (Å²) in [5.74, 6) is 1.37. The Hall–Kier alpha value is -0.610. The van der Waals surface area contributed by atoms with Crippen molar-refractivity contribution >= 4 is 16.5 Å². The van der Waals surface area contributed by atoms with Gasteiger partial charge in [0.2, 0.25) is 0 Å². The predicted molar refractivity (Wildman–Crippen MR) is 88.8 cm³/mol. The first kappa shape index (κ1) is 15.8. The van der Waals surface area contributed by atoms with Crippen LogP contribution in [0.5, 0.6) is 0 Å². The Balaban J connectivity index is 2.18. The summed E-state index contributed by atoms with van der Waals surface area (Å²) in [6.45, 7) is 13.4. The molecule has 1 saturated heterocycles. The normalized spacial score (nSPS) is 21.2. The highest BCUT2D eigenvalue weighted by Gasteiger charge is 2.22. The minimum atomic E-state index is 0.566. The second-order valence-electron chi connectivity index (χ2n) is 6.09. The Morgan fingerprint density at radius 1 is 1.45 bits per heavy atom. The lowest BCUT2D eigenvalue weighted by molar-refractivity contribution is 0.446. The van der Waals surface area contributed by atoms with Crippen molar-refractivity contribution in [3.05, 3.63) is 10.6 Å². The average Bonchev–Trinajstić information content (AvgIpc) is 2.88. The van der Waals surface area contributed by atoms with Gasteiger partial charge in [0.1, 0.15) is 0 Å². The molecule has 1 aromatic rings. The average molecular weight is 295 g/mol. The van der Waals surface area contributed by atoms with Crippen LogP contribution in [-0.4, -0.2) is 24.6 Å². The largest absolute Gasteiger partial charge is 0.348 e. The second kappa shape index (κ2) is 7.41. The number of rotatable bonds is 6. The molecule has 2 rings (SSSR count). The Kier molecular flexibility index (Phi) is 5.85. The predicted octanol–water partition coefficient (Wildman–Crippen LogP) is 4.00. The zero-order valence-electron chi connectivity index (χ0n) is 13.4. The van der Waals surface area contributed by atoms with Crippen molar-refractivity contribution in [2.24, 2.45) is 5.92 Å². The fourth-order valence-electron chi connectivity index (χ4n) is 2.79. The third kappa shape index (κ3) is 3.73. The summed E-state index contributed by atoms with van der Waals surface area (Å²) in [7, 11) is 0. The third-order valence-electron chi connectivity index (χ3n) is 4.26. The zero-order chi connectivity index (χ0) is 14.5. The maximum absolute atomic E-state index is 5.00. The van der Waals surface area contributed by atoms with Gasteiger partial charge in [-0.25, -0.2) is 4.98 Å². The quantitative estimate of drug-likeness (QED) is 0.859. The van der Waals surface area contributed by atoms with Crippen LogP contribution in [0.4, 0.5) is 5.13 Å². The molecule has 2 unspecified atom stereocenters. The van der Waals surface area contributed by atoms with Gasteiger partial charge in [-0.1, -0.05) is 27.7 Å². The summed E-state index contributed by atoms with van der Waals surface area (Å²) < 4.78 is 0. The van der Waals surface area contributed by atoms with Crippen LogP contribution in [0.3, 0.4) is 0 Å². The second-order valence-corrected chi connectivity index (χ2v) is 7.15. The Labute approximate surface area is 127 Å². The van der Waals surface area contributed by atoms with Crippen molar-refractivity contribution < 1.29 is 0 Å². The molecule has 0 aliphatic carbocycles. The molecule has 3 nitrogen and oxygen atoms in total. The van der Waals surface area contributed by atoms with Crippen LogP contribution >= 0.6 is 11.3 Å². The van der Waals surface area contributed by atoms with Crippen molar-refractivity contribution in [2.45, 2.75) is 59.4 Å². The highest BCUT2D eigenvalue weighted by Crippen LogP contribution is 2.34. The number of nitrogens with zero attached hydrogens (tertiary/aromatic N) is 2. The summed E-state index contributed by atoms with van der Waals surface area (Å²) in [5.41, 5.74) is 1.33. The van der Waals surface area contributed by atoms with Gasteiger partial charge in [0.15, 0.2) is 5.13 Å². The molecule has 2 heterocycles. The highest BCUT2D eigenvalue weighted by atomic mass is 32.1. The number of hydrogen-bond acceptors (Lipinski definition) is 4. The van der Waals surface area contributed by atoms with Crippen molar-refractivity contribution in [2.75, 3.05) is 24.5 Å². The molecular formula is C16H29N3S. The lowest BCUT2D eigenvalue weighted by Crippen LogP contribution is -2.34. The molecule has 0 aromatic carbocycles. The zero-order valence-corrected chi connectivity index (χ0v) is 14.2. The standard InChI is InChI=1S/C16H29N3S/c1-5-13(4)15-14(10-17-6-2)20-16(18-15)19-9-7-8-12(3)11-19/h12-13,17H,5-11H2,1-4H3. The van der Waals surface area contributed by atoms with E-state index in [0.717, 1.165) is 19.0 Å². The fraction of sp³-hybridized carbons (Fsp3) is 0.812. The first-order valence-electron chi connectivity index (χ1n) is 8.10. The maximum atomic E-state index is 5.00. The highest BCUT2D eigenvalue weighted by molar-refractivity contribution is 7.15. The van der Waals surface area contributed by atoms with Gasteiger partial charge in [0, 0.05) is 24.5 Å². The summed E-state index contributed by atoms with van der Waals surface area (Å²) in [5, 5.41) is 4.71. The van der Waals surface area contributed by atoms with Crippen LogP contribution in [0, 0.1) is 5.92 Å². The molecule has 1 fully saturated rings. The Morgan fingerprint density at radius 2 is 2.25 bits per heavy atom. The summed E-state index contributed by atoms with van der Waals surface area (Å²) >= 11 is 1.90. The fourth-order valence-corrected chi connectivity index (χ4v) is 3.98. The van der Waals surface area contributed by atoms with E-state index in [0.29, 0.717) is 5.92 Å². The van der Waals surface area contributed by atoms with E-state index >= 15 is 0 Å². The van der Waals surface area contributed by atoms with Crippen LogP contribution in [-0.2, 0) is 6.54 Å². The summed E-state index contributed by atoms with van der Waals surface area (Å²) in [4.78, 5) is 8.94. The van der Waals surface area contributed by atoms with Gasteiger partial charge in [-0.3, -0.25) is 0 Å². The number of nitrogens with one attached hydrogen (secondary N) is 1. The van der Waals surface area contributed by atoms with Gasteiger partial charge in [-0.05, 0) is 37.6 Å². The molecule has 1 aliphatic rings. The molecular weight excluding hydrogens is 266 g/mol. The Morgan fingerprint density at radius 3 is 2.90 bits per heavy atom. The van der Waals surface area contributed by atoms with Crippen LogP contribution in [0.25, 0.3) is 0 Å². The van der Waals surface area contributed by atoms with Gasteiger partial charge in [-0.2, -0.15) is 0 Å². The van der Waals surface area contributed by atoms with Crippen LogP contribution in [0.1, 0.15) is 63.4 Å². The first-order valence-corrected chi connectivity index (χ1v) is 8.92. The summed E-state index contributed by atoms with van der Waals surface area (Å²) in [6.07, 6.45) is 3.84. The minimum Gasteiger partial charge on any atom is -0.348 e. The molecule has 0 radical (unpaired) electrons. The van der Waals surface area contributed by atoms with Gasteiger partial charge >= 0.3 is 0 Å². The molecule has 4 heteroatoms. The summed E-state index contributed by atoms with van der Waals surface area (Å²) in [6, 6.07) is 0. The molecule has 1 aromatic heterocycles. The SMILES string of the molecule is CCNCc1sc(N2CCCC(C)C2)nc1C(C)CC. The van der Waals surface area contributed by atoms with E-state index in [2.05, 4.69) is 37.9 Å².